The second-order valence-electron chi connectivity index (χ2n) is 7.45. The van der Waals surface area contributed by atoms with Crippen LogP contribution >= 0.6 is 0 Å². The molecule has 0 saturated carbocycles. The van der Waals surface area contributed by atoms with Gasteiger partial charge in [-0.05, 0) is 61.4 Å². The minimum Gasteiger partial charge on any atom is -0.494 e. The van der Waals surface area contributed by atoms with E-state index in [2.05, 4.69) is 10.0 Å². The number of rotatable bonds is 9. The third-order valence-electron chi connectivity index (χ3n) is 4.88. The molecule has 0 spiro atoms. The maximum Gasteiger partial charge on any atom is 0.419 e. The molecule has 0 aliphatic heterocycles. The van der Waals surface area contributed by atoms with Crippen molar-refractivity contribution in [2.45, 2.75) is 30.5 Å². The highest BCUT2D eigenvalue weighted by molar-refractivity contribution is 7.89. The highest BCUT2D eigenvalue weighted by Crippen LogP contribution is 2.33. The normalized spacial score (nSPS) is 12.7. The summed E-state index contributed by atoms with van der Waals surface area (Å²) in [6.45, 7) is 2.17. The Balaban J connectivity index is 1.87. The fraction of sp³-hybridized carbons (Fsp3) is 0.208. The Morgan fingerprint density at radius 2 is 1.66 bits per heavy atom. The van der Waals surface area contributed by atoms with Crippen LogP contribution in [0.1, 0.15) is 18.1 Å². The minimum atomic E-state index is -4.97. The molecule has 1 atom stereocenters. The Kier molecular flexibility index (Phi) is 8.13. The first-order chi connectivity index (χ1) is 16.5. The standard InChI is InChI=1S/C24H22F4N2O4S/c1-2-34-18-9-11-19(12-10-18)35(32,33)30-22(14-16-6-4-3-5-7-16)23(31)29-17-8-13-21(25)20(15-17)24(26,27)28/h3-13,15,22,30H,2,14H2,1H3,(H,29,31)/t22-/m1/s1. The van der Waals surface area contributed by atoms with Gasteiger partial charge in [0.05, 0.1) is 17.1 Å². The lowest BCUT2D eigenvalue weighted by molar-refractivity contribution is -0.140. The highest BCUT2D eigenvalue weighted by atomic mass is 32.2. The van der Waals surface area contributed by atoms with E-state index in [1.807, 2.05) is 0 Å². The van der Waals surface area contributed by atoms with Gasteiger partial charge >= 0.3 is 6.18 Å². The number of sulfonamides is 1. The summed E-state index contributed by atoms with van der Waals surface area (Å²) in [5.41, 5.74) is -1.27. The topological polar surface area (TPSA) is 84.5 Å². The van der Waals surface area contributed by atoms with E-state index in [4.69, 9.17) is 4.74 Å². The number of carbonyl (C=O) groups excluding carboxylic acids is 1. The van der Waals surface area contributed by atoms with Gasteiger partial charge in [0.2, 0.25) is 15.9 Å². The number of hydrogen-bond acceptors (Lipinski definition) is 4. The van der Waals surface area contributed by atoms with Crippen molar-refractivity contribution >= 4 is 21.6 Å². The smallest absolute Gasteiger partial charge is 0.419 e. The second kappa shape index (κ2) is 10.9. The number of amides is 1. The summed E-state index contributed by atoms with van der Waals surface area (Å²) in [6, 6.07) is 14.6. The van der Waals surface area contributed by atoms with Crippen LogP contribution in [0.15, 0.2) is 77.7 Å². The summed E-state index contributed by atoms with van der Waals surface area (Å²) in [7, 11) is -4.19. The molecule has 3 aromatic rings. The highest BCUT2D eigenvalue weighted by Gasteiger charge is 2.34. The van der Waals surface area contributed by atoms with Crippen molar-refractivity contribution in [2.24, 2.45) is 0 Å². The SMILES string of the molecule is CCOc1ccc(S(=O)(=O)N[C@H](Cc2ccccc2)C(=O)Nc2ccc(F)c(C(F)(F)F)c2)cc1. The first-order valence-electron chi connectivity index (χ1n) is 10.5. The van der Waals surface area contributed by atoms with Crippen molar-refractivity contribution < 1.29 is 35.5 Å². The van der Waals surface area contributed by atoms with Crippen LogP contribution in [-0.4, -0.2) is 27.0 Å². The molecule has 2 N–H and O–H groups in total. The monoisotopic (exact) mass is 510 g/mol. The quantitative estimate of drug-likeness (QED) is 0.406. The van der Waals surface area contributed by atoms with Crippen molar-refractivity contribution in [3.8, 4) is 5.75 Å². The number of carbonyl (C=O) groups is 1. The Hall–Kier alpha value is -3.44. The van der Waals surface area contributed by atoms with Crippen molar-refractivity contribution in [3.05, 3.63) is 89.7 Å². The molecule has 0 aliphatic carbocycles. The molecule has 0 unspecified atom stereocenters. The van der Waals surface area contributed by atoms with E-state index in [0.29, 0.717) is 30.1 Å². The summed E-state index contributed by atoms with van der Waals surface area (Å²) in [5, 5.41) is 2.25. The number of anilines is 1. The molecule has 0 saturated heterocycles. The Labute approximate surface area is 200 Å². The van der Waals surface area contributed by atoms with Crippen LogP contribution in [0.4, 0.5) is 23.2 Å². The van der Waals surface area contributed by atoms with E-state index in [-0.39, 0.29) is 17.0 Å². The zero-order valence-corrected chi connectivity index (χ0v) is 19.3. The maximum absolute atomic E-state index is 13.6. The fourth-order valence-corrected chi connectivity index (χ4v) is 4.42. The molecule has 6 nitrogen and oxygen atoms in total. The summed E-state index contributed by atoms with van der Waals surface area (Å²) in [5.74, 6) is -1.95. The number of alkyl halides is 3. The van der Waals surface area contributed by atoms with Crippen LogP contribution in [-0.2, 0) is 27.4 Å². The average Bonchev–Trinajstić information content (AvgIpc) is 2.80. The van der Waals surface area contributed by atoms with Gasteiger partial charge in [0.15, 0.2) is 0 Å². The Morgan fingerprint density at radius 1 is 1.00 bits per heavy atom. The van der Waals surface area contributed by atoms with Gasteiger partial charge in [-0.25, -0.2) is 12.8 Å². The first-order valence-corrected chi connectivity index (χ1v) is 11.9. The molecule has 3 aromatic carbocycles. The largest absolute Gasteiger partial charge is 0.494 e. The maximum atomic E-state index is 13.6. The van der Waals surface area contributed by atoms with Crippen molar-refractivity contribution in [1.29, 1.82) is 0 Å². The fourth-order valence-electron chi connectivity index (χ4n) is 3.22. The van der Waals surface area contributed by atoms with E-state index in [0.717, 1.165) is 6.07 Å². The molecule has 186 valence electrons. The molecule has 11 heteroatoms. The lowest BCUT2D eigenvalue weighted by Gasteiger charge is -2.19. The molecular formula is C24H22F4N2O4S. The van der Waals surface area contributed by atoms with Gasteiger partial charge < -0.3 is 10.1 Å². The minimum absolute atomic E-state index is 0.0870. The van der Waals surface area contributed by atoms with Gasteiger partial charge in [-0.3, -0.25) is 4.79 Å². The van der Waals surface area contributed by atoms with E-state index < -0.39 is 39.5 Å². The Morgan fingerprint density at radius 3 is 2.26 bits per heavy atom. The summed E-state index contributed by atoms with van der Waals surface area (Å²) in [6.07, 6.45) is -5.06. The lowest BCUT2D eigenvalue weighted by Crippen LogP contribution is -2.45. The third kappa shape index (κ3) is 7.03. The summed E-state index contributed by atoms with van der Waals surface area (Å²) < 4.78 is 86.3. The third-order valence-corrected chi connectivity index (χ3v) is 6.37. The van der Waals surface area contributed by atoms with Gasteiger partial charge in [-0.1, -0.05) is 30.3 Å². The molecule has 0 heterocycles. The number of hydrogen-bond donors (Lipinski definition) is 2. The van der Waals surface area contributed by atoms with E-state index >= 15 is 0 Å². The van der Waals surface area contributed by atoms with E-state index in [1.54, 1.807) is 37.3 Å². The van der Waals surface area contributed by atoms with Crippen LogP contribution in [0.3, 0.4) is 0 Å². The average molecular weight is 511 g/mol. The van der Waals surface area contributed by atoms with Gasteiger partial charge in [0.25, 0.3) is 0 Å². The zero-order valence-electron chi connectivity index (χ0n) is 18.5. The van der Waals surface area contributed by atoms with Crippen molar-refractivity contribution in [1.82, 2.24) is 4.72 Å². The molecule has 0 fully saturated rings. The van der Waals surface area contributed by atoms with E-state index in [1.165, 1.54) is 24.3 Å². The molecule has 1 amide bonds. The first kappa shape index (κ1) is 26.2. The van der Waals surface area contributed by atoms with Gasteiger partial charge in [-0.15, -0.1) is 0 Å². The van der Waals surface area contributed by atoms with Gasteiger partial charge in [0.1, 0.15) is 17.6 Å². The number of halogens is 4. The number of nitrogens with one attached hydrogen (secondary N) is 2. The summed E-state index contributed by atoms with van der Waals surface area (Å²) in [4.78, 5) is 12.8. The molecule has 0 aromatic heterocycles. The molecule has 0 radical (unpaired) electrons. The zero-order chi connectivity index (χ0) is 25.6. The Bertz CT molecular complexity index is 1260. The van der Waals surface area contributed by atoms with Crippen LogP contribution < -0.4 is 14.8 Å². The van der Waals surface area contributed by atoms with Crippen LogP contribution in [0.2, 0.25) is 0 Å². The molecule has 0 bridgehead atoms. The molecule has 3 rings (SSSR count). The molecular weight excluding hydrogens is 488 g/mol. The van der Waals surface area contributed by atoms with E-state index in [9.17, 15) is 30.8 Å². The van der Waals surface area contributed by atoms with Crippen LogP contribution in [0.5, 0.6) is 5.75 Å². The number of ether oxygens (including phenoxy) is 1. The predicted molar refractivity (Wildman–Crippen MR) is 122 cm³/mol. The van der Waals surface area contributed by atoms with Crippen LogP contribution in [0.25, 0.3) is 0 Å². The summed E-state index contributed by atoms with van der Waals surface area (Å²) >= 11 is 0. The number of benzene rings is 3. The van der Waals surface area contributed by atoms with Gasteiger partial charge in [-0.2, -0.15) is 17.9 Å². The molecule has 35 heavy (non-hydrogen) atoms. The lowest BCUT2D eigenvalue weighted by atomic mass is 10.1. The van der Waals surface area contributed by atoms with Gasteiger partial charge in [0, 0.05) is 5.69 Å². The predicted octanol–water partition coefficient (Wildman–Crippen LogP) is 4.77. The van der Waals surface area contributed by atoms with Crippen molar-refractivity contribution in [2.75, 3.05) is 11.9 Å². The van der Waals surface area contributed by atoms with Crippen LogP contribution in [0, 0.1) is 5.82 Å². The second-order valence-corrected chi connectivity index (χ2v) is 9.16. The molecule has 0 aliphatic rings. The van der Waals surface area contributed by atoms with Crippen molar-refractivity contribution in [3.63, 3.8) is 0 Å².